The third kappa shape index (κ3) is 2.21. The maximum absolute atomic E-state index is 11.3. The topological polar surface area (TPSA) is 64.3 Å². The number of benzene rings is 2. The number of carboxylic acid groups (broad SMARTS) is 1. The monoisotopic (exact) mass is 280 g/mol. The van der Waals surface area contributed by atoms with E-state index in [1.807, 2.05) is 43.3 Å². The standard InChI is InChI=1S/C17H16N2O2/c1-11-9-19(10-15(11)17(20)21)16-7-6-12(8-18)13-4-2-3-5-14(13)16/h2-7,11,15H,9-10H2,1H3,(H,20,21). The van der Waals surface area contributed by atoms with Crippen LogP contribution in [-0.4, -0.2) is 24.2 Å². The predicted molar refractivity (Wildman–Crippen MR) is 81.2 cm³/mol. The Morgan fingerprint density at radius 1 is 1.24 bits per heavy atom. The number of aliphatic carboxylic acids is 1. The molecule has 4 heteroatoms. The Hall–Kier alpha value is -2.54. The summed E-state index contributed by atoms with van der Waals surface area (Å²) in [5.41, 5.74) is 1.66. The largest absolute Gasteiger partial charge is 0.481 e. The zero-order valence-corrected chi connectivity index (χ0v) is 11.8. The lowest BCUT2D eigenvalue weighted by Crippen LogP contribution is -2.23. The molecule has 21 heavy (non-hydrogen) atoms. The molecule has 1 fully saturated rings. The van der Waals surface area contributed by atoms with Gasteiger partial charge in [0.15, 0.2) is 0 Å². The van der Waals surface area contributed by atoms with Crippen LogP contribution in [0.25, 0.3) is 10.8 Å². The molecule has 0 saturated carbocycles. The van der Waals surface area contributed by atoms with Crippen molar-refractivity contribution in [1.82, 2.24) is 0 Å². The van der Waals surface area contributed by atoms with Crippen LogP contribution in [0, 0.1) is 23.2 Å². The molecule has 0 radical (unpaired) electrons. The molecule has 0 spiro atoms. The van der Waals surface area contributed by atoms with Crippen LogP contribution in [0.1, 0.15) is 12.5 Å². The van der Waals surface area contributed by atoms with E-state index in [0.29, 0.717) is 12.1 Å². The third-order valence-electron chi connectivity index (χ3n) is 4.29. The molecule has 4 nitrogen and oxygen atoms in total. The summed E-state index contributed by atoms with van der Waals surface area (Å²) in [4.78, 5) is 13.4. The summed E-state index contributed by atoms with van der Waals surface area (Å²) in [6.07, 6.45) is 0. The van der Waals surface area contributed by atoms with E-state index in [1.54, 1.807) is 0 Å². The fraction of sp³-hybridized carbons (Fsp3) is 0.294. The molecule has 106 valence electrons. The minimum absolute atomic E-state index is 0.122. The predicted octanol–water partition coefficient (Wildman–Crippen LogP) is 2.87. The van der Waals surface area contributed by atoms with E-state index in [1.165, 1.54) is 0 Å². The highest BCUT2D eigenvalue weighted by atomic mass is 16.4. The van der Waals surface area contributed by atoms with Crippen molar-refractivity contribution < 1.29 is 9.90 Å². The molecule has 2 atom stereocenters. The summed E-state index contributed by atoms with van der Waals surface area (Å²) in [5.74, 6) is -0.945. The molecule has 1 aliphatic heterocycles. The van der Waals surface area contributed by atoms with Gasteiger partial charge in [-0.15, -0.1) is 0 Å². The molecule has 0 amide bonds. The molecule has 3 rings (SSSR count). The van der Waals surface area contributed by atoms with Gasteiger partial charge >= 0.3 is 5.97 Å². The fourth-order valence-electron chi connectivity index (χ4n) is 3.14. The lowest BCUT2D eigenvalue weighted by Gasteiger charge is -2.21. The Balaban J connectivity index is 2.07. The van der Waals surface area contributed by atoms with Crippen molar-refractivity contribution in [3.05, 3.63) is 42.0 Å². The molecule has 1 saturated heterocycles. The second-order valence-electron chi connectivity index (χ2n) is 5.62. The van der Waals surface area contributed by atoms with Gasteiger partial charge in [-0.05, 0) is 18.1 Å². The molecule has 0 bridgehead atoms. The number of anilines is 1. The Bertz CT molecular complexity index is 748. The average Bonchev–Trinajstić information content (AvgIpc) is 2.88. The van der Waals surface area contributed by atoms with Gasteiger partial charge in [-0.2, -0.15) is 5.26 Å². The van der Waals surface area contributed by atoms with Crippen LogP contribution in [0.15, 0.2) is 36.4 Å². The molecule has 1 N–H and O–H groups in total. The first-order chi connectivity index (χ1) is 10.1. The van der Waals surface area contributed by atoms with Gasteiger partial charge in [0.1, 0.15) is 0 Å². The van der Waals surface area contributed by atoms with Crippen LogP contribution >= 0.6 is 0 Å². The summed E-state index contributed by atoms with van der Waals surface area (Å²) in [6, 6.07) is 13.7. The van der Waals surface area contributed by atoms with E-state index >= 15 is 0 Å². The van der Waals surface area contributed by atoms with Crippen LogP contribution in [-0.2, 0) is 4.79 Å². The number of rotatable bonds is 2. The third-order valence-corrected chi connectivity index (χ3v) is 4.29. The molecule has 0 aliphatic carbocycles. The van der Waals surface area contributed by atoms with E-state index in [4.69, 9.17) is 0 Å². The summed E-state index contributed by atoms with van der Waals surface area (Å²) in [5, 5.41) is 20.4. The van der Waals surface area contributed by atoms with Crippen molar-refractivity contribution in [2.75, 3.05) is 18.0 Å². The Morgan fingerprint density at radius 3 is 2.57 bits per heavy atom. The fourth-order valence-corrected chi connectivity index (χ4v) is 3.14. The SMILES string of the molecule is CC1CN(c2ccc(C#N)c3ccccc23)CC1C(=O)O. The zero-order chi connectivity index (χ0) is 15.0. The molecule has 2 aromatic carbocycles. The Labute approximate surface area is 123 Å². The van der Waals surface area contributed by atoms with Crippen LogP contribution < -0.4 is 4.90 Å². The zero-order valence-electron chi connectivity index (χ0n) is 11.8. The number of nitriles is 1. The van der Waals surface area contributed by atoms with Gasteiger partial charge in [-0.1, -0.05) is 31.2 Å². The number of carboxylic acids is 1. The normalized spacial score (nSPS) is 21.4. The number of nitrogens with zero attached hydrogens (tertiary/aromatic N) is 2. The van der Waals surface area contributed by atoms with Gasteiger partial charge in [0.25, 0.3) is 0 Å². The molecule has 1 heterocycles. The van der Waals surface area contributed by atoms with Crippen LogP contribution in [0.5, 0.6) is 0 Å². The Morgan fingerprint density at radius 2 is 1.95 bits per heavy atom. The highest BCUT2D eigenvalue weighted by molar-refractivity contribution is 5.98. The summed E-state index contributed by atoms with van der Waals surface area (Å²) in [6.45, 7) is 3.23. The van der Waals surface area contributed by atoms with Crippen LogP contribution in [0.4, 0.5) is 5.69 Å². The quantitative estimate of drug-likeness (QED) is 0.918. The lowest BCUT2D eigenvalue weighted by atomic mass is 9.99. The van der Waals surface area contributed by atoms with Crippen LogP contribution in [0.2, 0.25) is 0 Å². The molecular weight excluding hydrogens is 264 g/mol. The summed E-state index contributed by atoms with van der Waals surface area (Å²) >= 11 is 0. The van der Waals surface area contributed by atoms with E-state index in [-0.39, 0.29) is 11.8 Å². The van der Waals surface area contributed by atoms with Crippen molar-refractivity contribution in [2.45, 2.75) is 6.92 Å². The first-order valence-corrected chi connectivity index (χ1v) is 7.01. The molecule has 1 aliphatic rings. The van der Waals surface area contributed by atoms with Gasteiger partial charge in [-0.3, -0.25) is 4.79 Å². The van der Waals surface area contributed by atoms with E-state index < -0.39 is 5.97 Å². The van der Waals surface area contributed by atoms with Gasteiger partial charge in [0.05, 0.1) is 17.6 Å². The lowest BCUT2D eigenvalue weighted by molar-refractivity contribution is -0.142. The van der Waals surface area contributed by atoms with E-state index in [2.05, 4.69) is 11.0 Å². The van der Waals surface area contributed by atoms with E-state index in [9.17, 15) is 15.2 Å². The first-order valence-electron chi connectivity index (χ1n) is 7.01. The molecular formula is C17H16N2O2. The van der Waals surface area contributed by atoms with Crippen molar-refractivity contribution >= 4 is 22.4 Å². The van der Waals surface area contributed by atoms with Gasteiger partial charge in [0, 0.05) is 29.5 Å². The number of hydrogen-bond donors (Lipinski definition) is 1. The summed E-state index contributed by atoms with van der Waals surface area (Å²) in [7, 11) is 0. The van der Waals surface area contributed by atoms with Crippen molar-refractivity contribution in [3.8, 4) is 6.07 Å². The van der Waals surface area contributed by atoms with Crippen LogP contribution in [0.3, 0.4) is 0 Å². The van der Waals surface area contributed by atoms with Gasteiger partial charge < -0.3 is 10.0 Å². The van der Waals surface area contributed by atoms with Crippen molar-refractivity contribution in [2.24, 2.45) is 11.8 Å². The maximum Gasteiger partial charge on any atom is 0.308 e. The van der Waals surface area contributed by atoms with Gasteiger partial charge in [-0.25, -0.2) is 0 Å². The highest BCUT2D eigenvalue weighted by Gasteiger charge is 2.35. The molecule has 2 unspecified atom stereocenters. The number of hydrogen-bond acceptors (Lipinski definition) is 3. The summed E-state index contributed by atoms with van der Waals surface area (Å²) < 4.78 is 0. The first kappa shape index (κ1) is 13.4. The smallest absolute Gasteiger partial charge is 0.308 e. The second kappa shape index (κ2) is 5.10. The Kier molecular flexibility index (Phi) is 3.26. The second-order valence-corrected chi connectivity index (χ2v) is 5.62. The minimum Gasteiger partial charge on any atom is -0.481 e. The average molecular weight is 280 g/mol. The number of fused-ring (bicyclic) bond motifs is 1. The van der Waals surface area contributed by atoms with Gasteiger partial charge in [0.2, 0.25) is 0 Å². The van der Waals surface area contributed by atoms with E-state index in [0.717, 1.165) is 23.0 Å². The van der Waals surface area contributed by atoms with Crippen molar-refractivity contribution in [3.63, 3.8) is 0 Å². The number of carbonyl (C=O) groups is 1. The maximum atomic E-state index is 11.3. The molecule has 2 aromatic rings. The minimum atomic E-state index is -0.733. The highest BCUT2D eigenvalue weighted by Crippen LogP contribution is 2.34. The van der Waals surface area contributed by atoms with Crippen molar-refractivity contribution in [1.29, 1.82) is 5.26 Å². The molecule has 0 aromatic heterocycles.